The molecule has 0 atom stereocenters. The number of para-hydroxylation sites is 1. The first-order chi connectivity index (χ1) is 6.31. The second-order valence-electron chi connectivity index (χ2n) is 2.60. The fourth-order valence-corrected chi connectivity index (χ4v) is 0.684. The predicted octanol–water partition coefficient (Wildman–Crippen LogP) is 3.09. The van der Waals surface area contributed by atoms with Crippen molar-refractivity contribution in [2.45, 2.75) is 26.2 Å². The average Bonchev–Trinajstić information content (AvgIpc) is 2.17. The molecule has 70 valence electrons. The summed E-state index contributed by atoms with van der Waals surface area (Å²) >= 11 is 0. The van der Waals surface area contributed by atoms with Gasteiger partial charge in [-0.25, -0.2) is 0 Å². The van der Waals surface area contributed by atoms with E-state index in [0.717, 1.165) is 19.3 Å². The summed E-state index contributed by atoms with van der Waals surface area (Å²) in [4.78, 5) is 0. The molecule has 0 radical (unpaired) electrons. The highest BCUT2D eigenvalue weighted by atomic mass is 16.3. The Morgan fingerprint density at radius 3 is 2.15 bits per heavy atom. The minimum Gasteiger partial charge on any atom is -0.508 e. The number of nitrogens with zero attached hydrogens (tertiary/aromatic N) is 1. The van der Waals surface area contributed by atoms with Crippen LogP contribution in [0.1, 0.15) is 26.2 Å². The highest BCUT2D eigenvalue weighted by Gasteiger charge is 1.75. The Kier molecular flexibility index (Phi) is 7.62. The zero-order valence-electron chi connectivity index (χ0n) is 7.90. The molecule has 0 unspecified atom stereocenters. The average molecular weight is 177 g/mol. The minimum absolute atomic E-state index is 0.322. The third kappa shape index (κ3) is 8.42. The Morgan fingerprint density at radius 1 is 1.31 bits per heavy atom. The van der Waals surface area contributed by atoms with Gasteiger partial charge in [-0.3, -0.25) is 0 Å². The van der Waals surface area contributed by atoms with Gasteiger partial charge in [-0.2, -0.15) is 5.26 Å². The van der Waals surface area contributed by atoms with Crippen LogP contribution in [0.25, 0.3) is 0 Å². The molecule has 1 aromatic carbocycles. The highest BCUT2D eigenvalue weighted by Crippen LogP contribution is 2.02. The van der Waals surface area contributed by atoms with E-state index in [4.69, 9.17) is 10.4 Å². The zero-order valence-corrected chi connectivity index (χ0v) is 7.90. The number of hydrogen-bond acceptors (Lipinski definition) is 2. The van der Waals surface area contributed by atoms with E-state index in [-0.39, 0.29) is 0 Å². The van der Waals surface area contributed by atoms with Gasteiger partial charge in [0.1, 0.15) is 5.75 Å². The summed E-state index contributed by atoms with van der Waals surface area (Å²) in [6.07, 6.45) is 2.90. The van der Waals surface area contributed by atoms with E-state index in [9.17, 15) is 0 Å². The summed E-state index contributed by atoms with van der Waals surface area (Å²) < 4.78 is 0. The quantitative estimate of drug-likeness (QED) is 0.705. The highest BCUT2D eigenvalue weighted by molar-refractivity contribution is 5.18. The lowest BCUT2D eigenvalue weighted by molar-refractivity contribution is 0.475. The van der Waals surface area contributed by atoms with Crippen molar-refractivity contribution in [3.63, 3.8) is 0 Å². The molecule has 0 bridgehead atoms. The van der Waals surface area contributed by atoms with Crippen molar-refractivity contribution in [2.75, 3.05) is 0 Å². The zero-order chi connectivity index (χ0) is 9.94. The second-order valence-corrected chi connectivity index (χ2v) is 2.60. The van der Waals surface area contributed by atoms with Gasteiger partial charge in [0.05, 0.1) is 6.07 Å². The topological polar surface area (TPSA) is 44.0 Å². The lowest BCUT2D eigenvalue weighted by Crippen LogP contribution is -1.62. The van der Waals surface area contributed by atoms with Crippen molar-refractivity contribution in [2.24, 2.45) is 0 Å². The maximum absolute atomic E-state index is 8.63. The summed E-state index contributed by atoms with van der Waals surface area (Å²) in [5, 5.41) is 16.6. The van der Waals surface area contributed by atoms with E-state index in [1.807, 2.05) is 6.07 Å². The van der Waals surface area contributed by atoms with Gasteiger partial charge in [-0.05, 0) is 18.6 Å². The van der Waals surface area contributed by atoms with Crippen LogP contribution in [-0.2, 0) is 0 Å². The van der Waals surface area contributed by atoms with Crippen LogP contribution in [0, 0.1) is 11.3 Å². The molecule has 0 fully saturated rings. The van der Waals surface area contributed by atoms with Gasteiger partial charge in [0.25, 0.3) is 0 Å². The predicted molar refractivity (Wildman–Crippen MR) is 53.2 cm³/mol. The summed E-state index contributed by atoms with van der Waals surface area (Å²) in [6.45, 7) is 2.08. The monoisotopic (exact) mass is 177 g/mol. The Balaban J connectivity index is 0.000000226. The molecule has 0 aliphatic rings. The van der Waals surface area contributed by atoms with Crippen LogP contribution in [0.15, 0.2) is 30.3 Å². The molecular formula is C11H15NO. The summed E-state index contributed by atoms with van der Waals surface area (Å²) in [5.74, 6) is 0.322. The van der Waals surface area contributed by atoms with E-state index in [1.165, 1.54) is 0 Å². The molecule has 0 spiro atoms. The maximum Gasteiger partial charge on any atom is 0.115 e. The van der Waals surface area contributed by atoms with Crippen molar-refractivity contribution in [3.05, 3.63) is 30.3 Å². The van der Waals surface area contributed by atoms with E-state index in [2.05, 4.69) is 13.0 Å². The number of phenolic OH excluding ortho intramolecular Hbond substituents is 1. The van der Waals surface area contributed by atoms with Gasteiger partial charge < -0.3 is 5.11 Å². The van der Waals surface area contributed by atoms with Crippen LogP contribution in [-0.4, -0.2) is 5.11 Å². The smallest absolute Gasteiger partial charge is 0.115 e. The molecule has 0 aromatic heterocycles. The molecule has 1 aromatic rings. The third-order valence-corrected chi connectivity index (χ3v) is 1.40. The summed E-state index contributed by atoms with van der Waals surface area (Å²) in [6, 6.07) is 10.8. The number of aromatic hydroxyl groups is 1. The Hall–Kier alpha value is -1.49. The van der Waals surface area contributed by atoms with Crippen molar-refractivity contribution < 1.29 is 5.11 Å². The molecule has 2 nitrogen and oxygen atoms in total. The lowest BCUT2D eigenvalue weighted by atomic mass is 10.3. The van der Waals surface area contributed by atoms with Crippen LogP contribution < -0.4 is 0 Å². The molecule has 1 N–H and O–H groups in total. The van der Waals surface area contributed by atoms with E-state index >= 15 is 0 Å². The first-order valence-electron chi connectivity index (χ1n) is 4.42. The second kappa shape index (κ2) is 8.61. The van der Waals surface area contributed by atoms with Crippen LogP contribution in [0.4, 0.5) is 0 Å². The minimum atomic E-state index is 0.322. The molecule has 0 heterocycles. The molecule has 0 aliphatic heterocycles. The van der Waals surface area contributed by atoms with Gasteiger partial charge in [0.15, 0.2) is 0 Å². The SMILES string of the molecule is CCCCC#N.Oc1ccccc1. The van der Waals surface area contributed by atoms with Gasteiger partial charge in [-0.1, -0.05) is 31.5 Å². The molecule has 0 amide bonds. The number of benzene rings is 1. The Bertz CT molecular complexity index is 238. The molecule has 0 aliphatic carbocycles. The standard InChI is InChI=1S/C6H6O.C5H9N/c7-6-4-2-1-3-5-6;1-2-3-4-5-6/h1-5,7H;2-4H2,1H3. The number of nitriles is 1. The van der Waals surface area contributed by atoms with E-state index in [0.29, 0.717) is 5.75 Å². The number of hydrogen-bond donors (Lipinski definition) is 1. The van der Waals surface area contributed by atoms with Crippen molar-refractivity contribution in [1.82, 2.24) is 0 Å². The third-order valence-electron chi connectivity index (χ3n) is 1.40. The molecule has 2 heteroatoms. The molecular weight excluding hydrogens is 162 g/mol. The van der Waals surface area contributed by atoms with Gasteiger partial charge in [0, 0.05) is 6.42 Å². The van der Waals surface area contributed by atoms with Crippen LogP contribution in [0.2, 0.25) is 0 Å². The number of unbranched alkanes of at least 4 members (excludes halogenated alkanes) is 2. The largest absolute Gasteiger partial charge is 0.508 e. The van der Waals surface area contributed by atoms with Crippen LogP contribution in [0.3, 0.4) is 0 Å². The van der Waals surface area contributed by atoms with Crippen molar-refractivity contribution >= 4 is 0 Å². The van der Waals surface area contributed by atoms with Gasteiger partial charge in [-0.15, -0.1) is 0 Å². The van der Waals surface area contributed by atoms with Crippen LogP contribution in [0.5, 0.6) is 5.75 Å². The fourth-order valence-electron chi connectivity index (χ4n) is 0.684. The van der Waals surface area contributed by atoms with E-state index < -0.39 is 0 Å². The first-order valence-corrected chi connectivity index (χ1v) is 4.42. The summed E-state index contributed by atoms with van der Waals surface area (Å²) in [7, 11) is 0. The summed E-state index contributed by atoms with van der Waals surface area (Å²) in [5.41, 5.74) is 0. The lowest BCUT2D eigenvalue weighted by Gasteiger charge is -1.82. The van der Waals surface area contributed by atoms with Crippen LogP contribution >= 0.6 is 0 Å². The van der Waals surface area contributed by atoms with Gasteiger partial charge in [0.2, 0.25) is 0 Å². The number of rotatable bonds is 2. The number of phenols is 1. The molecule has 0 saturated heterocycles. The van der Waals surface area contributed by atoms with Gasteiger partial charge >= 0.3 is 0 Å². The normalized spacial score (nSPS) is 8.00. The first kappa shape index (κ1) is 11.5. The maximum atomic E-state index is 8.63. The van der Waals surface area contributed by atoms with E-state index in [1.54, 1.807) is 24.3 Å². The molecule has 0 saturated carbocycles. The molecule has 1 rings (SSSR count). The Morgan fingerprint density at radius 2 is 1.92 bits per heavy atom. The Labute approximate surface area is 79.4 Å². The van der Waals surface area contributed by atoms with Crippen molar-refractivity contribution in [3.8, 4) is 11.8 Å². The fraction of sp³-hybridized carbons (Fsp3) is 0.364. The molecule has 13 heavy (non-hydrogen) atoms. The van der Waals surface area contributed by atoms with Crippen molar-refractivity contribution in [1.29, 1.82) is 5.26 Å².